The van der Waals surface area contributed by atoms with Gasteiger partial charge in [-0.2, -0.15) is 0 Å². The molecule has 28 heavy (non-hydrogen) atoms. The summed E-state index contributed by atoms with van der Waals surface area (Å²) in [7, 11) is 1.70. The fourth-order valence-corrected chi connectivity index (χ4v) is 4.40. The molecule has 0 bridgehead atoms. The van der Waals surface area contributed by atoms with Crippen LogP contribution in [0.5, 0.6) is 17.2 Å². The van der Waals surface area contributed by atoms with Gasteiger partial charge in [-0.3, -0.25) is 0 Å². The lowest BCUT2D eigenvalue weighted by Gasteiger charge is -2.37. The molecule has 1 aliphatic carbocycles. The third kappa shape index (κ3) is 3.03. The highest BCUT2D eigenvalue weighted by Gasteiger charge is 2.38. The molecular formula is C25H23NO2. The predicted octanol–water partition coefficient (Wildman–Crippen LogP) is 6.31. The van der Waals surface area contributed by atoms with Gasteiger partial charge in [0.05, 0.1) is 13.2 Å². The van der Waals surface area contributed by atoms with E-state index < -0.39 is 0 Å². The van der Waals surface area contributed by atoms with Crippen molar-refractivity contribution in [3.8, 4) is 17.2 Å². The molecule has 140 valence electrons. The second-order valence-corrected chi connectivity index (χ2v) is 7.41. The van der Waals surface area contributed by atoms with Crippen LogP contribution in [-0.2, 0) is 0 Å². The molecule has 5 rings (SSSR count). The molecule has 3 nitrogen and oxygen atoms in total. The second kappa shape index (κ2) is 7.08. The summed E-state index contributed by atoms with van der Waals surface area (Å²) in [4.78, 5) is 0. The van der Waals surface area contributed by atoms with E-state index in [2.05, 4.69) is 41.7 Å². The van der Waals surface area contributed by atoms with E-state index in [9.17, 15) is 0 Å². The Balaban J connectivity index is 1.46. The van der Waals surface area contributed by atoms with E-state index in [4.69, 9.17) is 9.47 Å². The molecule has 3 aromatic carbocycles. The maximum absolute atomic E-state index is 6.06. The van der Waals surface area contributed by atoms with Crippen LogP contribution in [0.2, 0.25) is 0 Å². The summed E-state index contributed by atoms with van der Waals surface area (Å²) in [6.45, 7) is 0. The number of fused-ring (bicyclic) bond motifs is 3. The van der Waals surface area contributed by atoms with Gasteiger partial charge in [0, 0.05) is 11.6 Å². The van der Waals surface area contributed by atoms with Crippen LogP contribution in [0, 0.1) is 5.92 Å². The summed E-state index contributed by atoms with van der Waals surface area (Å²) in [6, 6.07) is 25.0. The summed E-state index contributed by atoms with van der Waals surface area (Å²) >= 11 is 0. The number of nitrogens with one attached hydrogen (secondary N) is 1. The van der Waals surface area contributed by atoms with Crippen LogP contribution in [0.4, 0.5) is 5.69 Å². The van der Waals surface area contributed by atoms with Crippen molar-refractivity contribution in [1.82, 2.24) is 0 Å². The van der Waals surface area contributed by atoms with Crippen molar-refractivity contribution in [1.29, 1.82) is 0 Å². The van der Waals surface area contributed by atoms with E-state index in [-0.39, 0.29) is 0 Å². The molecule has 0 aromatic heterocycles. The second-order valence-electron chi connectivity index (χ2n) is 7.41. The van der Waals surface area contributed by atoms with E-state index in [1.807, 2.05) is 48.5 Å². The number of hydrogen-bond donors (Lipinski definition) is 1. The Morgan fingerprint density at radius 2 is 1.64 bits per heavy atom. The molecule has 3 unspecified atom stereocenters. The standard InChI is InChI=1S/C25H23NO2/c1-27-18-12-10-17(11-13-18)25-22-9-5-8-21(22)23-16-20(14-15-24(23)26-25)28-19-6-3-2-4-7-19/h2-8,10-16,21-22,25-26H,9H2,1H3. The van der Waals surface area contributed by atoms with E-state index >= 15 is 0 Å². The van der Waals surface area contributed by atoms with Gasteiger partial charge in [-0.15, -0.1) is 0 Å². The minimum Gasteiger partial charge on any atom is -0.497 e. The van der Waals surface area contributed by atoms with Gasteiger partial charge in [0.2, 0.25) is 0 Å². The predicted molar refractivity (Wildman–Crippen MR) is 112 cm³/mol. The number of para-hydroxylation sites is 1. The van der Waals surface area contributed by atoms with E-state index in [0.29, 0.717) is 17.9 Å². The molecule has 3 atom stereocenters. The fourth-order valence-electron chi connectivity index (χ4n) is 4.40. The number of hydrogen-bond acceptors (Lipinski definition) is 3. The molecule has 1 N–H and O–H groups in total. The molecule has 3 aromatic rings. The molecule has 0 saturated heterocycles. The summed E-state index contributed by atoms with van der Waals surface area (Å²) < 4.78 is 11.4. The minimum absolute atomic E-state index is 0.291. The summed E-state index contributed by atoms with van der Waals surface area (Å²) in [5.74, 6) is 3.55. The summed E-state index contributed by atoms with van der Waals surface area (Å²) in [5, 5.41) is 3.78. The van der Waals surface area contributed by atoms with Gasteiger partial charge in [-0.1, -0.05) is 42.5 Å². The number of rotatable bonds is 4. The smallest absolute Gasteiger partial charge is 0.127 e. The van der Waals surface area contributed by atoms with Gasteiger partial charge in [-0.25, -0.2) is 0 Å². The Morgan fingerprint density at radius 1 is 0.857 bits per heavy atom. The molecule has 0 amide bonds. The largest absolute Gasteiger partial charge is 0.497 e. The van der Waals surface area contributed by atoms with Gasteiger partial charge < -0.3 is 14.8 Å². The molecule has 0 radical (unpaired) electrons. The van der Waals surface area contributed by atoms with Gasteiger partial charge in [0.15, 0.2) is 0 Å². The Kier molecular flexibility index (Phi) is 4.28. The average Bonchev–Trinajstić information content (AvgIpc) is 3.24. The molecule has 1 aliphatic heterocycles. The quantitative estimate of drug-likeness (QED) is 0.546. The number of benzene rings is 3. The van der Waals surface area contributed by atoms with Crippen molar-refractivity contribution < 1.29 is 9.47 Å². The highest BCUT2D eigenvalue weighted by molar-refractivity contribution is 5.62. The monoisotopic (exact) mass is 369 g/mol. The SMILES string of the molecule is COc1ccc(C2Nc3ccc(Oc4ccccc4)cc3C3C=CCC32)cc1. The first-order valence-electron chi connectivity index (χ1n) is 9.76. The molecule has 3 heteroatoms. The summed E-state index contributed by atoms with van der Waals surface area (Å²) in [5.41, 5.74) is 3.81. The van der Waals surface area contributed by atoms with Crippen molar-refractivity contribution >= 4 is 5.69 Å². The molecule has 2 aliphatic rings. The third-order valence-electron chi connectivity index (χ3n) is 5.79. The lowest BCUT2D eigenvalue weighted by molar-refractivity contribution is 0.410. The van der Waals surface area contributed by atoms with Gasteiger partial charge in [0.25, 0.3) is 0 Å². The highest BCUT2D eigenvalue weighted by Crippen LogP contribution is 2.50. The molecule has 1 heterocycles. The van der Waals surface area contributed by atoms with Crippen molar-refractivity contribution in [3.63, 3.8) is 0 Å². The normalized spacial score (nSPS) is 22.1. The zero-order chi connectivity index (χ0) is 18.9. The topological polar surface area (TPSA) is 30.5 Å². The Labute approximate surface area is 165 Å². The minimum atomic E-state index is 0.291. The Hall–Kier alpha value is -3.20. The first kappa shape index (κ1) is 16.9. The Morgan fingerprint density at radius 3 is 2.43 bits per heavy atom. The van der Waals surface area contributed by atoms with Gasteiger partial charge in [-0.05, 0) is 65.9 Å². The van der Waals surface area contributed by atoms with Gasteiger partial charge >= 0.3 is 0 Å². The van der Waals surface area contributed by atoms with E-state index in [0.717, 1.165) is 23.7 Å². The molecule has 0 fully saturated rings. The molecule has 0 saturated carbocycles. The van der Waals surface area contributed by atoms with Crippen molar-refractivity contribution in [2.24, 2.45) is 5.92 Å². The number of anilines is 1. The molecule has 0 spiro atoms. The third-order valence-corrected chi connectivity index (χ3v) is 5.79. The van der Waals surface area contributed by atoms with Crippen LogP contribution in [0.3, 0.4) is 0 Å². The lowest BCUT2D eigenvalue weighted by atomic mass is 9.77. The lowest BCUT2D eigenvalue weighted by Crippen LogP contribution is -2.29. The molecular weight excluding hydrogens is 346 g/mol. The van der Waals surface area contributed by atoms with Crippen LogP contribution in [0.15, 0.2) is 84.9 Å². The van der Waals surface area contributed by atoms with Crippen LogP contribution in [-0.4, -0.2) is 7.11 Å². The van der Waals surface area contributed by atoms with E-state index in [1.165, 1.54) is 16.8 Å². The zero-order valence-corrected chi connectivity index (χ0v) is 15.8. The fraction of sp³-hybridized carbons (Fsp3) is 0.200. The zero-order valence-electron chi connectivity index (χ0n) is 15.8. The Bertz CT molecular complexity index is 995. The maximum atomic E-state index is 6.06. The maximum Gasteiger partial charge on any atom is 0.127 e. The first-order chi connectivity index (χ1) is 13.8. The average molecular weight is 369 g/mol. The number of allylic oxidation sites excluding steroid dienone is 2. The van der Waals surface area contributed by atoms with Gasteiger partial charge in [0.1, 0.15) is 17.2 Å². The van der Waals surface area contributed by atoms with E-state index in [1.54, 1.807) is 7.11 Å². The first-order valence-corrected chi connectivity index (χ1v) is 9.76. The van der Waals surface area contributed by atoms with Crippen LogP contribution in [0.1, 0.15) is 29.5 Å². The van der Waals surface area contributed by atoms with Crippen molar-refractivity contribution in [2.45, 2.75) is 18.4 Å². The van der Waals surface area contributed by atoms with Crippen molar-refractivity contribution in [2.75, 3.05) is 12.4 Å². The van der Waals surface area contributed by atoms with Crippen LogP contribution < -0.4 is 14.8 Å². The highest BCUT2D eigenvalue weighted by atomic mass is 16.5. The van der Waals surface area contributed by atoms with Crippen LogP contribution in [0.25, 0.3) is 0 Å². The number of ether oxygens (including phenoxy) is 2. The summed E-state index contributed by atoms with van der Waals surface area (Å²) in [6.07, 6.45) is 5.75. The van der Waals surface area contributed by atoms with Crippen molar-refractivity contribution in [3.05, 3.63) is 96.1 Å². The van der Waals surface area contributed by atoms with Crippen LogP contribution >= 0.6 is 0 Å². The number of methoxy groups -OCH3 is 1.